The summed E-state index contributed by atoms with van der Waals surface area (Å²) >= 11 is 0. The van der Waals surface area contributed by atoms with Crippen LogP contribution in [-0.2, 0) is 76.1 Å². The van der Waals surface area contributed by atoms with Gasteiger partial charge in [0.15, 0.2) is 31.3 Å². The van der Waals surface area contributed by atoms with Crippen molar-refractivity contribution in [2.24, 2.45) is 41.4 Å². The van der Waals surface area contributed by atoms with E-state index in [0.717, 1.165) is 51.4 Å². The highest BCUT2D eigenvalue weighted by atomic mass is 16.7. The molecule has 30 nitrogen and oxygen atoms in total. The fraction of sp³-hybridized carbons (Fsp3) is 0.917. The zero-order valence-corrected chi connectivity index (χ0v) is 60.4. The molecule has 8 rings (SSSR count). The lowest BCUT2D eigenvalue weighted by atomic mass is 9.74. The van der Waals surface area contributed by atoms with Crippen LogP contribution in [0.4, 0.5) is 0 Å². The van der Waals surface area contributed by atoms with Crippen LogP contribution in [0.2, 0.25) is 0 Å². The molecular formula is C72H121N3O27. The van der Waals surface area contributed by atoms with E-state index in [1.165, 1.54) is 33.1 Å². The van der Waals surface area contributed by atoms with E-state index in [0.29, 0.717) is 31.8 Å². The third-order valence-electron chi connectivity index (χ3n) is 22.9. The molecule has 4 heterocycles. The number of carboxylic acids is 1. The third kappa shape index (κ3) is 22.5. The Hall–Kier alpha value is -3.58. The Labute approximate surface area is 598 Å². The van der Waals surface area contributed by atoms with E-state index in [-0.39, 0.29) is 107 Å². The van der Waals surface area contributed by atoms with Gasteiger partial charge in [-0.15, -0.1) is 0 Å². The molecule has 1 unspecified atom stereocenters. The molecule has 29 atom stereocenters. The maximum atomic E-state index is 14.3. The van der Waals surface area contributed by atoms with Crippen molar-refractivity contribution in [2.75, 3.05) is 32.9 Å². The number of rotatable bonds is 35. The Balaban J connectivity index is 0.836. The number of aliphatic hydroxyl groups is 10. The van der Waals surface area contributed by atoms with E-state index in [1.54, 1.807) is 6.92 Å². The highest BCUT2D eigenvalue weighted by Gasteiger charge is 2.55. The van der Waals surface area contributed by atoms with Crippen molar-refractivity contribution in [1.82, 2.24) is 16.0 Å². The fourth-order valence-electron chi connectivity index (χ4n) is 16.6. The molecule has 4 saturated carbocycles. The van der Waals surface area contributed by atoms with Gasteiger partial charge in [0.2, 0.25) is 17.7 Å². The summed E-state index contributed by atoms with van der Waals surface area (Å²) in [5.41, 5.74) is 0. The Morgan fingerprint density at radius 1 is 0.520 bits per heavy atom. The molecule has 0 aromatic heterocycles. The van der Waals surface area contributed by atoms with Crippen molar-refractivity contribution in [1.29, 1.82) is 0 Å². The van der Waals surface area contributed by atoms with Crippen molar-refractivity contribution in [3.05, 3.63) is 0 Å². The number of ketones is 2. The van der Waals surface area contributed by atoms with E-state index >= 15 is 0 Å². The summed E-state index contributed by atoms with van der Waals surface area (Å²) in [5.74, 6) is -5.17. The summed E-state index contributed by atoms with van der Waals surface area (Å²) in [5, 5.41) is 127. The lowest BCUT2D eigenvalue weighted by Crippen LogP contribution is -2.67. The summed E-state index contributed by atoms with van der Waals surface area (Å²) in [4.78, 5) is 80.4. The van der Waals surface area contributed by atoms with Crippen LogP contribution in [-0.4, -0.2) is 272 Å². The molecule has 14 N–H and O–H groups in total. The predicted molar refractivity (Wildman–Crippen MR) is 360 cm³/mol. The Kier molecular flexibility index (Phi) is 33.4. The van der Waals surface area contributed by atoms with Crippen LogP contribution in [0.15, 0.2) is 0 Å². The minimum Gasteiger partial charge on any atom is -0.479 e. The van der Waals surface area contributed by atoms with Crippen molar-refractivity contribution in [3.8, 4) is 0 Å². The number of aliphatic carboxylic acids is 1. The van der Waals surface area contributed by atoms with Gasteiger partial charge in [-0.3, -0.25) is 24.0 Å². The van der Waals surface area contributed by atoms with Gasteiger partial charge in [-0.1, -0.05) is 97.8 Å². The third-order valence-corrected chi connectivity index (χ3v) is 22.9. The topological polar surface area (TPSA) is 453 Å². The first kappa shape index (κ1) is 84.0. The van der Waals surface area contributed by atoms with E-state index < -0.39 is 202 Å². The van der Waals surface area contributed by atoms with Gasteiger partial charge >= 0.3 is 5.97 Å². The van der Waals surface area contributed by atoms with Crippen LogP contribution in [0.3, 0.4) is 0 Å². The van der Waals surface area contributed by atoms with E-state index in [4.69, 9.17) is 47.4 Å². The van der Waals surface area contributed by atoms with Gasteiger partial charge in [-0.2, -0.15) is 0 Å². The summed E-state index contributed by atoms with van der Waals surface area (Å²) in [6.45, 7) is 9.19. The molecular weight excluding hydrogens is 1340 g/mol. The van der Waals surface area contributed by atoms with Crippen LogP contribution in [0.1, 0.15) is 196 Å². The van der Waals surface area contributed by atoms with Crippen LogP contribution in [0.25, 0.3) is 0 Å². The summed E-state index contributed by atoms with van der Waals surface area (Å²) in [6, 6.07) is -1.37. The second kappa shape index (κ2) is 40.6. The SMILES string of the molecule is CC[C@H]1CC(C(=O)NCCCC(=O)CCC(=O)NCCCC(=O)[C@@H]2C[C@H](CC)[C@@H](O[C@@H]3O[C@@H](C)[C@@H](O)[C@@H](O)[C@@H]3O)[C@H](O[C@@H]3O[C@H](CO)[C@H](O)[C@H](O[C@@H](CC4CCCCC4)C(=O)O)[C@H]3NC(C)=O)C2)C[C@@H](O[C@@H]2O[C@H](CO)[C@H](O)[C@H](OCCC3CCCCC3)[C@H]2C)[C@@H]1O[C@@H]1O[C@@H](C)[C@@H](O)[C@@H](O)[C@@H]1O. The number of carboxylic acid groups (broad SMARTS) is 1. The first-order valence-electron chi connectivity index (χ1n) is 38.0. The van der Waals surface area contributed by atoms with Crippen LogP contribution in [0.5, 0.6) is 0 Å². The first-order chi connectivity index (χ1) is 48.7. The van der Waals surface area contributed by atoms with Gasteiger partial charge in [-0.25, -0.2) is 4.79 Å². The van der Waals surface area contributed by atoms with Crippen molar-refractivity contribution in [3.63, 3.8) is 0 Å². The molecule has 8 fully saturated rings. The standard InChI is InChI=1S/C72H121N3O27/c1-7-42-30-44(32-48(64(42)101-71-61(88)59(86)55(82)37(4)94-71)98-70-54(75-39(6)78)66(58(85)52(35-77)100-70)96-50(68(91)92)29-41-19-13-10-14-20-41)47(80)22-16-26-73-53(81)24-23-46(79)21-15-27-74-67(90)45-31-43(8-2)65(102-72-62(89)60(87)56(83)38(5)95-72)49(33-45)97-69-36(3)63(57(84)51(34-76)99-69)93-28-25-40-17-11-9-12-18-40/h36-38,40-45,48-52,54-66,69-72,76-77,82-89H,7-35H2,1-6H3,(H,73,81)(H,74,90)(H,75,78)(H,91,92)/t36-,37+,38+,42+,43+,44-,45?,48-,49-,50+,51-,52-,54-,55-,56-,57+,58+,59-,60-,61+,62+,63-,64-,65-,66-,69-,70-,71+,72+/m1/s1. The number of nitrogens with one attached hydrogen (secondary N) is 3. The van der Waals surface area contributed by atoms with Crippen molar-refractivity contribution < 1.29 is 132 Å². The molecule has 8 aliphatic rings. The summed E-state index contributed by atoms with van der Waals surface area (Å²) in [6.07, 6.45) is -16.3. The molecule has 0 aromatic rings. The number of carbonyl (C=O) groups is 6. The van der Waals surface area contributed by atoms with Gasteiger partial charge in [0.05, 0.1) is 55.9 Å². The lowest BCUT2D eigenvalue weighted by Gasteiger charge is -2.49. The lowest BCUT2D eigenvalue weighted by molar-refractivity contribution is -0.342. The maximum absolute atomic E-state index is 14.3. The monoisotopic (exact) mass is 1460 g/mol. The molecule has 4 saturated heterocycles. The zero-order valence-electron chi connectivity index (χ0n) is 60.4. The molecule has 30 heteroatoms. The second-order valence-electron chi connectivity index (χ2n) is 30.3. The normalized spacial score (nSPS) is 39.8. The predicted octanol–water partition coefficient (Wildman–Crippen LogP) is 1.23. The number of ether oxygens (including phenoxy) is 10. The highest BCUT2D eigenvalue weighted by Crippen LogP contribution is 2.43. The smallest absolute Gasteiger partial charge is 0.332 e. The average molecular weight is 1460 g/mol. The van der Waals surface area contributed by atoms with Gasteiger partial charge in [0, 0.05) is 70.1 Å². The van der Waals surface area contributed by atoms with Gasteiger partial charge in [0.25, 0.3) is 0 Å². The summed E-state index contributed by atoms with van der Waals surface area (Å²) in [7, 11) is 0. The molecule has 3 amide bonds. The fourth-order valence-corrected chi connectivity index (χ4v) is 16.6. The Bertz CT molecular complexity index is 2600. The van der Waals surface area contributed by atoms with E-state index in [9.17, 15) is 84.9 Å². The quantitative estimate of drug-likeness (QED) is 0.0397. The summed E-state index contributed by atoms with van der Waals surface area (Å²) < 4.78 is 63.2. The minimum absolute atomic E-state index is 0.00897. The first-order valence-corrected chi connectivity index (χ1v) is 38.0. The number of Topliss-reactive ketones (excluding diaryl/α,β-unsaturated/α-hetero) is 2. The minimum atomic E-state index is -1.72. The van der Waals surface area contributed by atoms with Crippen molar-refractivity contribution >= 4 is 35.3 Å². The zero-order chi connectivity index (χ0) is 74.1. The maximum Gasteiger partial charge on any atom is 0.332 e. The Morgan fingerprint density at radius 3 is 1.58 bits per heavy atom. The Morgan fingerprint density at radius 2 is 1.03 bits per heavy atom. The molecule has 586 valence electrons. The molecule has 4 aliphatic carbocycles. The van der Waals surface area contributed by atoms with Crippen LogP contribution < -0.4 is 16.0 Å². The number of hydrogen-bond donors (Lipinski definition) is 14. The highest BCUT2D eigenvalue weighted by molar-refractivity contribution is 5.85. The molecule has 4 aliphatic heterocycles. The number of carbonyl (C=O) groups excluding carboxylic acids is 5. The molecule has 0 aromatic carbocycles. The average Bonchev–Trinajstić information content (AvgIpc) is 0.783. The van der Waals surface area contributed by atoms with Gasteiger partial charge in [0.1, 0.15) is 84.8 Å². The number of amides is 3. The molecule has 102 heavy (non-hydrogen) atoms. The van der Waals surface area contributed by atoms with Crippen LogP contribution >= 0.6 is 0 Å². The number of hydrogen-bond acceptors (Lipinski definition) is 26. The van der Waals surface area contributed by atoms with Crippen LogP contribution in [0, 0.1) is 41.4 Å². The molecule has 0 bridgehead atoms. The van der Waals surface area contributed by atoms with E-state index in [2.05, 4.69) is 16.0 Å². The van der Waals surface area contributed by atoms with Gasteiger partial charge in [-0.05, 0) is 88.9 Å². The second-order valence-corrected chi connectivity index (χ2v) is 30.3. The van der Waals surface area contributed by atoms with Crippen molar-refractivity contribution in [2.45, 2.75) is 343 Å². The van der Waals surface area contributed by atoms with Gasteiger partial charge < -0.3 is 119 Å². The number of aliphatic hydroxyl groups excluding tert-OH is 10. The molecule has 0 radical (unpaired) electrons. The molecule has 0 spiro atoms. The largest absolute Gasteiger partial charge is 0.479 e. The van der Waals surface area contributed by atoms with E-state index in [1.807, 2.05) is 20.8 Å².